The Hall–Kier alpha value is -1.87. The number of para-hydroxylation sites is 1. The van der Waals surface area contributed by atoms with E-state index in [2.05, 4.69) is 16.3 Å². The zero-order chi connectivity index (χ0) is 18.9. The van der Waals surface area contributed by atoms with Crippen LogP contribution in [0, 0.1) is 5.92 Å². The maximum Gasteiger partial charge on any atom is 0.317 e. The molecule has 1 N–H and O–H groups in total. The first-order valence-corrected chi connectivity index (χ1v) is 12.0. The van der Waals surface area contributed by atoms with E-state index in [1.807, 2.05) is 23.1 Å². The number of hydrogen-bond acceptors (Lipinski definition) is 6. The molecular weight excluding hydrogens is 384 g/mol. The number of fused-ring (bicyclic) bond motifs is 1. The van der Waals surface area contributed by atoms with Gasteiger partial charge in [-0.1, -0.05) is 23.5 Å². The molecule has 1 aromatic heterocycles. The standard InChI is InChI=1S/C18H24N4O3S2/c23-17(19-12-14-6-11-27(24,25)13-14)21-7-3-8-22(10-9-21)18-20-15-4-1-2-5-16(15)26-18/h1-2,4-5,14H,3,6-13H2,(H,19,23). The minimum absolute atomic E-state index is 0.0465. The third kappa shape index (κ3) is 4.35. The molecule has 1 unspecified atom stereocenters. The Balaban J connectivity index is 1.32. The lowest BCUT2D eigenvalue weighted by molar-refractivity contribution is 0.200. The topological polar surface area (TPSA) is 82.6 Å². The minimum Gasteiger partial charge on any atom is -0.346 e. The summed E-state index contributed by atoms with van der Waals surface area (Å²) >= 11 is 1.69. The SMILES string of the molecule is O=C(NCC1CCS(=O)(=O)C1)N1CCCN(c2nc3ccccc3s2)CC1. The molecule has 2 saturated heterocycles. The van der Waals surface area contributed by atoms with E-state index in [4.69, 9.17) is 4.98 Å². The number of benzene rings is 1. The molecule has 7 nitrogen and oxygen atoms in total. The van der Waals surface area contributed by atoms with Crippen molar-refractivity contribution < 1.29 is 13.2 Å². The Morgan fingerprint density at radius 1 is 1.22 bits per heavy atom. The van der Waals surface area contributed by atoms with Crippen molar-refractivity contribution in [1.29, 1.82) is 0 Å². The summed E-state index contributed by atoms with van der Waals surface area (Å²) in [6, 6.07) is 8.03. The Morgan fingerprint density at radius 2 is 2.07 bits per heavy atom. The number of sulfone groups is 1. The second-order valence-electron chi connectivity index (χ2n) is 7.25. The van der Waals surface area contributed by atoms with Gasteiger partial charge in [0, 0.05) is 32.7 Å². The van der Waals surface area contributed by atoms with Gasteiger partial charge in [0.2, 0.25) is 0 Å². The van der Waals surface area contributed by atoms with Crippen LogP contribution in [0.25, 0.3) is 10.2 Å². The van der Waals surface area contributed by atoms with Crippen molar-refractivity contribution in [2.45, 2.75) is 12.8 Å². The molecule has 1 atom stereocenters. The van der Waals surface area contributed by atoms with Crippen LogP contribution in [0.1, 0.15) is 12.8 Å². The molecule has 2 aliphatic rings. The van der Waals surface area contributed by atoms with Crippen molar-refractivity contribution >= 4 is 42.6 Å². The zero-order valence-electron chi connectivity index (χ0n) is 15.1. The number of anilines is 1. The first-order valence-electron chi connectivity index (χ1n) is 9.34. The van der Waals surface area contributed by atoms with E-state index in [-0.39, 0.29) is 23.5 Å². The molecule has 27 heavy (non-hydrogen) atoms. The Morgan fingerprint density at radius 3 is 2.85 bits per heavy atom. The molecule has 3 heterocycles. The highest BCUT2D eigenvalue weighted by Gasteiger charge is 2.28. The minimum atomic E-state index is -2.90. The number of carbonyl (C=O) groups is 1. The molecule has 146 valence electrons. The third-order valence-corrected chi connectivity index (χ3v) is 8.14. The maximum atomic E-state index is 12.5. The van der Waals surface area contributed by atoms with E-state index in [0.717, 1.165) is 30.2 Å². The summed E-state index contributed by atoms with van der Waals surface area (Å²) in [4.78, 5) is 21.3. The van der Waals surface area contributed by atoms with Crippen molar-refractivity contribution in [3.05, 3.63) is 24.3 Å². The number of nitrogens with zero attached hydrogens (tertiary/aromatic N) is 3. The van der Waals surface area contributed by atoms with Gasteiger partial charge in [-0.25, -0.2) is 18.2 Å². The summed E-state index contributed by atoms with van der Waals surface area (Å²) in [6.07, 6.45) is 1.54. The summed E-state index contributed by atoms with van der Waals surface area (Å²) in [5, 5.41) is 3.94. The van der Waals surface area contributed by atoms with E-state index in [1.165, 1.54) is 4.70 Å². The Bertz CT molecular complexity index is 895. The molecule has 0 aliphatic carbocycles. The molecule has 2 aromatic rings. The quantitative estimate of drug-likeness (QED) is 0.839. The van der Waals surface area contributed by atoms with E-state index in [9.17, 15) is 13.2 Å². The molecule has 0 radical (unpaired) electrons. The predicted molar refractivity (Wildman–Crippen MR) is 108 cm³/mol. The summed E-state index contributed by atoms with van der Waals surface area (Å²) < 4.78 is 24.2. The summed E-state index contributed by atoms with van der Waals surface area (Å²) in [7, 11) is -2.90. The number of urea groups is 1. The van der Waals surface area contributed by atoms with Gasteiger partial charge in [-0.15, -0.1) is 0 Å². The lowest BCUT2D eigenvalue weighted by Gasteiger charge is -2.22. The summed E-state index contributed by atoms with van der Waals surface area (Å²) in [5.74, 6) is 0.484. The molecule has 9 heteroatoms. The van der Waals surface area contributed by atoms with Crippen molar-refractivity contribution in [3.8, 4) is 0 Å². The Kier molecular flexibility index (Phi) is 5.23. The molecule has 4 rings (SSSR count). The van der Waals surface area contributed by atoms with Crippen LogP contribution in [0.3, 0.4) is 0 Å². The van der Waals surface area contributed by atoms with E-state index < -0.39 is 9.84 Å². The van der Waals surface area contributed by atoms with Crippen LogP contribution in [0.2, 0.25) is 0 Å². The molecule has 0 saturated carbocycles. The number of carbonyl (C=O) groups excluding carboxylic acids is 1. The lowest BCUT2D eigenvalue weighted by Crippen LogP contribution is -2.43. The van der Waals surface area contributed by atoms with Crippen LogP contribution in [0.5, 0.6) is 0 Å². The van der Waals surface area contributed by atoms with Gasteiger partial charge >= 0.3 is 6.03 Å². The van der Waals surface area contributed by atoms with E-state index >= 15 is 0 Å². The van der Waals surface area contributed by atoms with Crippen LogP contribution in [0.4, 0.5) is 9.93 Å². The first kappa shape index (κ1) is 18.5. The number of aromatic nitrogens is 1. The molecular formula is C18H24N4O3S2. The van der Waals surface area contributed by atoms with Crippen LogP contribution in [-0.2, 0) is 9.84 Å². The molecule has 0 spiro atoms. The number of thiazole rings is 1. The second-order valence-corrected chi connectivity index (χ2v) is 10.5. The Labute approximate surface area is 163 Å². The highest BCUT2D eigenvalue weighted by Crippen LogP contribution is 2.29. The zero-order valence-corrected chi connectivity index (χ0v) is 16.8. The molecule has 1 aromatic carbocycles. The third-order valence-electron chi connectivity index (χ3n) is 5.20. The summed E-state index contributed by atoms with van der Waals surface area (Å²) in [5.41, 5.74) is 1.02. The van der Waals surface area contributed by atoms with Crippen LogP contribution in [0.15, 0.2) is 24.3 Å². The van der Waals surface area contributed by atoms with Gasteiger partial charge < -0.3 is 15.1 Å². The lowest BCUT2D eigenvalue weighted by atomic mass is 10.1. The number of hydrogen-bond donors (Lipinski definition) is 1. The molecule has 0 bridgehead atoms. The van der Waals surface area contributed by atoms with Gasteiger partial charge in [0.25, 0.3) is 0 Å². The molecule has 2 fully saturated rings. The first-order chi connectivity index (χ1) is 13.0. The van der Waals surface area contributed by atoms with Gasteiger partial charge in [-0.05, 0) is 30.9 Å². The van der Waals surface area contributed by atoms with Gasteiger partial charge in [-0.3, -0.25) is 0 Å². The molecule has 2 amide bonds. The summed E-state index contributed by atoms with van der Waals surface area (Å²) in [6.45, 7) is 3.42. The highest BCUT2D eigenvalue weighted by molar-refractivity contribution is 7.91. The van der Waals surface area contributed by atoms with Crippen LogP contribution in [-0.4, -0.2) is 68.6 Å². The van der Waals surface area contributed by atoms with Crippen molar-refractivity contribution in [3.63, 3.8) is 0 Å². The largest absolute Gasteiger partial charge is 0.346 e. The fourth-order valence-corrected chi connectivity index (χ4v) is 6.56. The second kappa shape index (κ2) is 7.63. The van der Waals surface area contributed by atoms with Crippen molar-refractivity contribution in [1.82, 2.24) is 15.2 Å². The van der Waals surface area contributed by atoms with Gasteiger partial charge in [0.15, 0.2) is 15.0 Å². The fourth-order valence-electron chi connectivity index (χ4n) is 3.68. The smallest absolute Gasteiger partial charge is 0.317 e. The normalized spacial score (nSPS) is 22.7. The van der Waals surface area contributed by atoms with Crippen LogP contribution >= 0.6 is 11.3 Å². The average molecular weight is 409 g/mol. The van der Waals surface area contributed by atoms with Gasteiger partial charge in [0.1, 0.15) is 0 Å². The van der Waals surface area contributed by atoms with E-state index in [0.29, 0.717) is 26.1 Å². The van der Waals surface area contributed by atoms with Gasteiger partial charge in [0.05, 0.1) is 21.7 Å². The number of nitrogens with one attached hydrogen (secondary N) is 1. The van der Waals surface area contributed by atoms with Gasteiger partial charge in [-0.2, -0.15) is 0 Å². The maximum absolute atomic E-state index is 12.5. The highest BCUT2D eigenvalue weighted by atomic mass is 32.2. The monoisotopic (exact) mass is 408 g/mol. The average Bonchev–Trinajstić information content (AvgIpc) is 3.13. The molecule has 2 aliphatic heterocycles. The number of amides is 2. The van der Waals surface area contributed by atoms with E-state index in [1.54, 1.807) is 11.3 Å². The fraction of sp³-hybridized carbons (Fsp3) is 0.556. The van der Waals surface area contributed by atoms with Crippen molar-refractivity contribution in [2.24, 2.45) is 5.92 Å². The predicted octanol–water partition coefficient (Wildman–Crippen LogP) is 1.95. The van der Waals surface area contributed by atoms with Crippen molar-refractivity contribution in [2.75, 3.05) is 49.1 Å². The van der Waals surface area contributed by atoms with Crippen LogP contribution < -0.4 is 10.2 Å². The number of rotatable bonds is 3.